The van der Waals surface area contributed by atoms with Crippen LogP contribution in [0.2, 0.25) is 0 Å². The van der Waals surface area contributed by atoms with Crippen LogP contribution in [0.15, 0.2) is 24.3 Å². The van der Waals surface area contributed by atoms with Gasteiger partial charge in [-0.25, -0.2) is 0 Å². The largest absolute Gasteiger partial charge is 0.333 e. The van der Waals surface area contributed by atoms with Crippen LogP contribution >= 0.6 is 0 Å². The number of carbonyl (C=O) groups is 1. The van der Waals surface area contributed by atoms with Crippen LogP contribution in [-0.4, -0.2) is 23.4 Å². The van der Waals surface area contributed by atoms with Gasteiger partial charge in [0.1, 0.15) is 0 Å². The first kappa shape index (κ1) is 8.92. The summed E-state index contributed by atoms with van der Waals surface area (Å²) in [6.45, 7) is 2.55. The third-order valence-corrected chi connectivity index (χ3v) is 3.27. The van der Waals surface area contributed by atoms with Gasteiger partial charge in [0.25, 0.3) is 0 Å². The zero-order chi connectivity index (χ0) is 10.3. The standard InChI is InChI=1S/C12H14N2O/c15-12(11-5-6-13-11)14-7-9-3-1-2-4-10(9)8-14/h1-4,11,13H,5-8H2/t11-/m1/s1. The number of carbonyl (C=O) groups excluding carboxylic acids is 1. The number of fused-ring (bicyclic) bond motifs is 1. The molecule has 1 aromatic rings. The minimum Gasteiger partial charge on any atom is -0.333 e. The zero-order valence-electron chi connectivity index (χ0n) is 8.57. The number of nitrogens with one attached hydrogen (secondary N) is 1. The Bertz CT molecular complexity index is 373. The molecule has 1 amide bonds. The molecule has 15 heavy (non-hydrogen) atoms. The summed E-state index contributed by atoms with van der Waals surface area (Å²) in [5, 5.41) is 3.16. The second-order valence-corrected chi connectivity index (χ2v) is 4.26. The maximum Gasteiger partial charge on any atom is 0.240 e. The van der Waals surface area contributed by atoms with Gasteiger partial charge in [0.05, 0.1) is 6.04 Å². The molecule has 0 unspecified atom stereocenters. The van der Waals surface area contributed by atoms with Gasteiger partial charge in [-0.3, -0.25) is 4.79 Å². The van der Waals surface area contributed by atoms with Crippen molar-refractivity contribution < 1.29 is 4.79 Å². The topological polar surface area (TPSA) is 32.3 Å². The predicted molar refractivity (Wildman–Crippen MR) is 57.1 cm³/mol. The van der Waals surface area contributed by atoms with E-state index in [0.717, 1.165) is 26.1 Å². The Hall–Kier alpha value is -1.35. The van der Waals surface area contributed by atoms with Gasteiger partial charge in [-0.15, -0.1) is 0 Å². The van der Waals surface area contributed by atoms with Gasteiger partial charge in [-0.2, -0.15) is 0 Å². The van der Waals surface area contributed by atoms with E-state index < -0.39 is 0 Å². The van der Waals surface area contributed by atoms with Crippen molar-refractivity contribution in [2.24, 2.45) is 0 Å². The average molecular weight is 202 g/mol. The van der Waals surface area contributed by atoms with Gasteiger partial charge in [0.2, 0.25) is 5.91 Å². The highest BCUT2D eigenvalue weighted by Crippen LogP contribution is 2.23. The zero-order valence-corrected chi connectivity index (χ0v) is 8.57. The first-order valence-electron chi connectivity index (χ1n) is 5.43. The molecule has 0 aromatic heterocycles. The fraction of sp³-hybridized carbons (Fsp3) is 0.417. The Morgan fingerprint density at radius 3 is 2.33 bits per heavy atom. The first-order valence-corrected chi connectivity index (χ1v) is 5.43. The number of amides is 1. The highest BCUT2D eigenvalue weighted by atomic mass is 16.2. The lowest BCUT2D eigenvalue weighted by Gasteiger charge is -2.30. The minimum atomic E-state index is 0.0827. The molecule has 2 aliphatic rings. The van der Waals surface area contributed by atoms with Gasteiger partial charge in [-0.1, -0.05) is 24.3 Å². The molecule has 0 radical (unpaired) electrons. The summed E-state index contributed by atoms with van der Waals surface area (Å²) < 4.78 is 0. The van der Waals surface area contributed by atoms with Crippen LogP contribution in [0.25, 0.3) is 0 Å². The second-order valence-electron chi connectivity index (χ2n) is 4.26. The second kappa shape index (κ2) is 3.35. The number of hydrogen-bond donors (Lipinski definition) is 1. The number of nitrogens with zero attached hydrogens (tertiary/aromatic N) is 1. The Labute approximate surface area is 89.1 Å². The van der Waals surface area contributed by atoms with Crippen molar-refractivity contribution in [3.63, 3.8) is 0 Å². The van der Waals surface area contributed by atoms with Crippen LogP contribution in [0.4, 0.5) is 0 Å². The van der Waals surface area contributed by atoms with Crippen molar-refractivity contribution >= 4 is 5.91 Å². The fourth-order valence-corrected chi connectivity index (χ4v) is 2.21. The molecule has 78 valence electrons. The molecule has 2 heterocycles. The molecule has 0 bridgehead atoms. The summed E-state index contributed by atoms with van der Waals surface area (Å²) in [6, 6.07) is 8.37. The predicted octanol–water partition coefficient (Wildman–Crippen LogP) is 0.891. The van der Waals surface area contributed by atoms with E-state index >= 15 is 0 Å². The van der Waals surface area contributed by atoms with Crippen LogP contribution in [0.3, 0.4) is 0 Å². The lowest BCUT2D eigenvalue weighted by Crippen LogP contribution is -2.53. The lowest BCUT2D eigenvalue weighted by molar-refractivity contribution is -0.135. The molecule has 1 fully saturated rings. The normalized spacial score (nSPS) is 23.5. The van der Waals surface area contributed by atoms with Gasteiger partial charge in [-0.05, 0) is 24.1 Å². The Kier molecular flexibility index (Phi) is 1.99. The van der Waals surface area contributed by atoms with Crippen molar-refractivity contribution in [3.05, 3.63) is 35.4 Å². The van der Waals surface area contributed by atoms with E-state index in [-0.39, 0.29) is 11.9 Å². The number of benzene rings is 1. The molecule has 1 atom stereocenters. The molecule has 1 saturated heterocycles. The molecule has 0 spiro atoms. The van der Waals surface area contributed by atoms with E-state index in [0.29, 0.717) is 0 Å². The lowest BCUT2D eigenvalue weighted by atomic mass is 10.1. The van der Waals surface area contributed by atoms with Crippen LogP contribution in [0.1, 0.15) is 17.5 Å². The SMILES string of the molecule is O=C([C@H]1CCN1)N1Cc2ccccc2C1. The van der Waals surface area contributed by atoms with E-state index in [1.54, 1.807) is 0 Å². The van der Waals surface area contributed by atoms with Crippen LogP contribution in [0.5, 0.6) is 0 Å². The minimum absolute atomic E-state index is 0.0827. The molecule has 1 aromatic carbocycles. The average Bonchev–Trinajstić information content (AvgIpc) is 2.58. The van der Waals surface area contributed by atoms with Crippen LogP contribution < -0.4 is 5.32 Å². The van der Waals surface area contributed by atoms with Gasteiger partial charge in [0, 0.05) is 13.1 Å². The van der Waals surface area contributed by atoms with Gasteiger partial charge in [0.15, 0.2) is 0 Å². The van der Waals surface area contributed by atoms with Crippen molar-refractivity contribution in [2.75, 3.05) is 6.54 Å². The van der Waals surface area contributed by atoms with Gasteiger partial charge >= 0.3 is 0 Å². The van der Waals surface area contributed by atoms with Gasteiger partial charge < -0.3 is 10.2 Å². The smallest absolute Gasteiger partial charge is 0.240 e. The maximum atomic E-state index is 12.0. The summed E-state index contributed by atoms with van der Waals surface area (Å²) in [5.74, 6) is 0.262. The molecule has 1 N–H and O–H groups in total. The summed E-state index contributed by atoms with van der Waals surface area (Å²) in [4.78, 5) is 13.9. The van der Waals surface area contributed by atoms with Crippen molar-refractivity contribution in [1.82, 2.24) is 10.2 Å². The summed E-state index contributed by atoms with van der Waals surface area (Å²) in [7, 11) is 0. The fourth-order valence-electron chi connectivity index (χ4n) is 2.21. The highest BCUT2D eigenvalue weighted by molar-refractivity contribution is 5.83. The van der Waals surface area contributed by atoms with E-state index in [1.165, 1.54) is 11.1 Å². The van der Waals surface area contributed by atoms with Crippen LogP contribution in [-0.2, 0) is 17.9 Å². The van der Waals surface area contributed by atoms with E-state index in [4.69, 9.17) is 0 Å². The first-order chi connectivity index (χ1) is 7.34. The molecule has 3 rings (SSSR count). The third-order valence-electron chi connectivity index (χ3n) is 3.27. The highest BCUT2D eigenvalue weighted by Gasteiger charge is 2.31. The Morgan fingerprint density at radius 1 is 1.27 bits per heavy atom. The summed E-state index contributed by atoms with van der Waals surface area (Å²) in [6.07, 6.45) is 0.992. The molecule has 3 nitrogen and oxygen atoms in total. The van der Waals surface area contributed by atoms with Crippen LogP contribution in [0, 0.1) is 0 Å². The Balaban J connectivity index is 1.75. The van der Waals surface area contributed by atoms with Crippen molar-refractivity contribution in [2.45, 2.75) is 25.6 Å². The molecular weight excluding hydrogens is 188 g/mol. The summed E-state index contributed by atoms with van der Waals surface area (Å²) in [5.41, 5.74) is 2.59. The quantitative estimate of drug-likeness (QED) is 0.733. The monoisotopic (exact) mass is 202 g/mol. The molecular formula is C12H14N2O. The van der Waals surface area contributed by atoms with Crippen molar-refractivity contribution in [3.8, 4) is 0 Å². The van der Waals surface area contributed by atoms with Crippen molar-refractivity contribution in [1.29, 1.82) is 0 Å². The maximum absolute atomic E-state index is 12.0. The number of hydrogen-bond acceptors (Lipinski definition) is 2. The summed E-state index contributed by atoms with van der Waals surface area (Å²) >= 11 is 0. The molecule has 3 heteroatoms. The Morgan fingerprint density at radius 2 is 1.87 bits per heavy atom. The van der Waals surface area contributed by atoms with E-state index in [1.807, 2.05) is 17.0 Å². The third kappa shape index (κ3) is 1.43. The van der Waals surface area contributed by atoms with E-state index in [9.17, 15) is 4.79 Å². The number of rotatable bonds is 1. The molecule has 0 aliphatic carbocycles. The molecule has 0 saturated carbocycles. The van der Waals surface area contributed by atoms with E-state index in [2.05, 4.69) is 17.4 Å². The molecule has 2 aliphatic heterocycles.